The van der Waals surface area contributed by atoms with Crippen molar-refractivity contribution in [2.75, 3.05) is 36.6 Å². The summed E-state index contributed by atoms with van der Waals surface area (Å²) >= 11 is 7.93. The molecule has 3 aromatic rings. The molecular formula is C23H24ClN5O5S. The van der Waals surface area contributed by atoms with Crippen LogP contribution in [0.3, 0.4) is 0 Å². The summed E-state index contributed by atoms with van der Waals surface area (Å²) < 4.78 is 17.8. The van der Waals surface area contributed by atoms with Gasteiger partial charge >= 0.3 is 12.1 Å². The highest BCUT2D eigenvalue weighted by Crippen LogP contribution is 2.40. The second-order valence-electron chi connectivity index (χ2n) is 8.15. The molecule has 5 rings (SSSR count). The molecule has 2 aromatic heterocycles. The lowest BCUT2D eigenvalue weighted by molar-refractivity contribution is -0.155. The molecule has 1 fully saturated rings. The largest absolute Gasteiger partial charge is 0.494 e. The number of carbonyl (C=O) groups excluding carboxylic acids is 2. The summed E-state index contributed by atoms with van der Waals surface area (Å²) in [5.41, 5.74) is 2.35. The number of halogens is 1. The summed E-state index contributed by atoms with van der Waals surface area (Å²) in [5.74, 6) is 1.35. The van der Waals surface area contributed by atoms with Gasteiger partial charge in [0, 0.05) is 35.5 Å². The summed E-state index contributed by atoms with van der Waals surface area (Å²) in [7, 11) is 1.60. The third-order valence-electron chi connectivity index (χ3n) is 5.93. The Balaban J connectivity index is 1.41. The van der Waals surface area contributed by atoms with Crippen LogP contribution in [0.1, 0.15) is 19.8 Å². The van der Waals surface area contributed by atoms with Crippen molar-refractivity contribution >= 4 is 57.8 Å². The minimum atomic E-state index is -0.657. The Morgan fingerprint density at radius 2 is 2.14 bits per heavy atom. The van der Waals surface area contributed by atoms with Crippen molar-refractivity contribution in [1.29, 1.82) is 0 Å². The number of aromatic nitrogens is 3. The summed E-state index contributed by atoms with van der Waals surface area (Å²) in [5, 5.41) is 11.6. The second-order valence-corrected chi connectivity index (χ2v) is 9.68. The predicted molar refractivity (Wildman–Crippen MR) is 133 cm³/mol. The van der Waals surface area contributed by atoms with Crippen molar-refractivity contribution in [2.24, 2.45) is 5.92 Å². The van der Waals surface area contributed by atoms with Crippen LogP contribution >= 0.6 is 23.4 Å². The van der Waals surface area contributed by atoms with Crippen molar-refractivity contribution in [3.8, 4) is 11.4 Å². The number of fused-ring (bicyclic) bond motifs is 2. The highest BCUT2D eigenvalue weighted by molar-refractivity contribution is 7.99. The molecule has 0 spiro atoms. The van der Waals surface area contributed by atoms with E-state index in [9.17, 15) is 9.59 Å². The third-order valence-corrected chi connectivity index (χ3v) is 7.19. The Labute approximate surface area is 210 Å². The maximum absolute atomic E-state index is 12.6. The molecule has 10 nitrogen and oxygen atoms in total. The maximum Gasteiger partial charge on any atom is 0.413 e. The van der Waals surface area contributed by atoms with E-state index in [1.165, 1.54) is 0 Å². The minimum absolute atomic E-state index is 0.233. The van der Waals surface area contributed by atoms with Gasteiger partial charge in [-0.1, -0.05) is 11.6 Å². The predicted octanol–water partition coefficient (Wildman–Crippen LogP) is 4.49. The summed E-state index contributed by atoms with van der Waals surface area (Å²) in [4.78, 5) is 29.6. The highest BCUT2D eigenvalue weighted by atomic mass is 35.5. The molecule has 1 amide bonds. The highest BCUT2D eigenvalue weighted by Gasteiger charge is 2.38. The summed E-state index contributed by atoms with van der Waals surface area (Å²) in [6, 6.07) is 5.61. The van der Waals surface area contributed by atoms with Gasteiger partial charge in [0.15, 0.2) is 5.82 Å². The number of nitrogens with one attached hydrogen (secondary N) is 2. The molecule has 2 N–H and O–H groups in total. The number of nitrogens with zero attached hydrogens (tertiary/aromatic N) is 3. The number of amides is 1. The molecule has 1 aromatic carbocycles. The molecule has 35 heavy (non-hydrogen) atoms. The van der Waals surface area contributed by atoms with Gasteiger partial charge < -0.3 is 19.5 Å². The van der Waals surface area contributed by atoms with Crippen LogP contribution in [0.25, 0.3) is 16.6 Å². The normalized spacial score (nSPS) is 18.7. The van der Waals surface area contributed by atoms with Crippen LogP contribution in [-0.4, -0.2) is 58.9 Å². The van der Waals surface area contributed by atoms with Crippen molar-refractivity contribution in [3.05, 3.63) is 29.5 Å². The fourth-order valence-electron chi connectivity index (χ4n) is 4.14. The van der Waals surface area contributed by atoms with Gasteiger partial charge in [-0.05, 0) is 25.8 Å². The Kier molecular flexibility index (Phi) is 6.61. The van der Waals surface area contributed by atoms with Gasteiger partial charge in [-0.25, -0.2) is 14.5 Å². The molecule has 0 saturated heterocycles. The molecule has 3 heterocycles. The number of carbonyl (C=O) groups is 2. The van der Waals surface area contributed by atoms with Crippen LogP contribution in [0, 0.1) is 5.92 Å². The monoisotopic (exact) mass is 517 g/mol. The van der Waals surface area contributed by atoms with E-state index in [4.69, 9.17) is 25.8 Å². The number of pyridine rings is 1. The van der Waals surface area contributed by atoms with Gasteiger partial charge in [-0.15, -0.1) is 16.9 Å². The van der Waals surface area contributed by atoms with Gasteiger partial charge in [-0.3, -0.25) is 10.1 Å². The number of benzene rings is 1. The Morgan fingerprint density at radius 3 is 2.91 bits per heavy atom. The van der Waals surface area contributed by atoms with Crippen LogP contribution in [0.5, 0.6) is 5.75 Å². The second kappa shape index (κ2) is 9.82. The Bertz CT molecular complexity index is 1290. The zero-order chi connectivity index (χ0) is 24.5. The lowest BCUT2D eigenvalue weighted by atomic mass is 9.82. The summed E-state index contributed by atoms with van der Waals surface area (Å²) in [6.07, 6.45) is 1.43. The Morgan fingerprint density at radius 1 is 1.31 bits per heavy atom. The van der Waals surface area contributed by atoms with E-state index in [0.29, 0.717) is 46.9 Å². The smallest absolute Gasteiger partial charge is 0.413 e. The van der Waals surface area contributed by atoms with E-state index < -0.39 is 6.09 Å². The third kappa shape index (κ3) is 4.70. The average Bonchev–Trinajstić information content (AvgIpc) is 3.17. The molecular weight excluding hydrogens is 494 g/mol. The first-order valence-corrected chi connectivity index (χ1v) is 12.6. The molecule has 0 unspecified atom stereocenters. The molecule has 184 valence electrons. The lowest BCUT2D eigenvalue weighted by Gasteiger charge is -2.32. The number of hydrogen-bond donors (Lipinski definition) is 2. The number of methoxy groups -OCH3 is 1. The number of anilines is 2. The topological polar surface area (TPSA) is 117 Å². The average molecular weight is 518 g/mol. The number of ether oxygens (including phenoxy) is 3. The molecule has 1 aliphatic heterocycles. The van der Waals surface area contributed by atoms with Crippen LogP contribution in [0.2, 0.25) is 5.15 Å². The van der Waals surface area contributed by atoms with Crippen molar-refractivity contribution in [1.82, 2.24) is 14.8 Å². The van der Waals surface area contributed by atoms with Crippen LogP contribution in [0.4, 0.5) is 16.3 Å². The van der Waals surface area contributed by atoms with E-state index >= 15 is 0 Å². The van der Waals surface area contributed by atoms with Crippen LogP contribution in [0.15, 0.2) is 29.3 Å². The van der Waals surface area contributed by atoms with Gasteiger partial charge in [0.25, 0.3) is 0 Å². The van der Waals surface area contributed by atoms with Gasteiger partial charge in [0.2, 0.25) is 0 Å². The molecule has 1 aliphatic carbocycles. The first-order chi connectivity index (χ1) is 17.0. The molecule has 0 radical (unpaired) electrons. The zero-order valence-electron chi connectivity index (χ0n) is 19.2. The number of hydrogen-bond acceptors (Lipinski definition) is 9. The van der Waals surface area contributed by atoms with Crippen molar-refractivity contribution in [3.63, 3.8) is 0 Å². The zero-order valence-corrected chi connectivity index (χ0v) is 20.7. The fraction of sp³-hybridized carbons (Fsp3) is 0.391. The van der Waals surface area contributed by atoms with E-state index in [-0.39, 0.29) is 23.8 Å². The van der Waals surface area contributed by atoms with Gasteiger partial charge in [0.1, 0.15) is 22.7 Å². The molecule has 0 bridgehead atoms. The van der Waals surface area contributed by atoms with Crippen molar-refractivity contribution in [2.45, 2.75) is 30.8 Å². The number of rotatable bonds is 6. The first kappa shape index (κ1) is 23.6. The van der Waals surface area contributed by atoms with E-state index in [0.717, 1.165) is 22.9 Å². The van der Waals surface area contributed by atoms with E-state index in [1.807, 2.05) is 12.1 Å². The molecule has 0 atom stereocenters. The minimum Gasteiger partial charge on any atom is -0.494 e. The standard InChI is InChI=1S/C23H24ClN5O5S/c1-3-33-22(30)12-6-13(7-12)34-23(31)27-21-14-11-26-20(24)10-16(14)29(28-21)17-9-19-15(8-18(17)32-2)25-4-5-35-19/h8-13,25H,3-7H2,1-2H3,(H,27,28,31). The first-order valence-electron chi connectivity index (χ1n) is 11.2. The van der Waals surface area contributed by atoms with Crippen LogP contribution in [-0.2, 0) is 14.3 Å². The van der Waals surface area contributed by atoms with Crippen molar-refractivity contribution < 1.29 is 23.8 Å². The number of thioether (sulfide) groups is 1. The molecule has 1 saturated carbocycles. The number of esters is 1. The molecule has 12 heteroatoms. The quantitative estimate of drug-likeness (QED) is 0.360. The molecule has 2 aliphatic rings. The lowest BCUT2D eigenvalue weighted by Crippen LogP contribution is -2.39. The fourth-order valence-corrected chi connectivity index (χ4v) is 5.19. The maximum atomic E-state index is 12.6. The van der Waals surface area contributed by atoms with E-state index in [1.54, 1.807) is 42.7 Å². The SMILES string of the molecule is CCOC(=O)C1CC(OC(=O)Nc2nn(-c3cc4c(cc3OC)NCCS4)c3cc(Cl)ncc23)C1. The van der Waals surface area contributed by atoms with Gasteiger partial charge in [0.05, 0.1) is 36.2 Å². The Hall–Kier alpha value is -3.18. The van der Waals surface area contributed by atoms with E-state index in [2.05, 4.69) is 20.7 Å². The van der Waals surface area contributed by atoms with Crippen LogP contribution < -0.4 is 15.4 Å². The van der Waals surface area contributed by atoms with Gasteiger partial charge in [-0.2, -0.15) is 0 Å². The summed E-state index contributed by atoms with van der Waals surface area (Å²) in [6.45, 7) is 2.97.